The zero-order valence-corrected chi connectivity index (χ0v) is 19.6. The summed E-state index contributed by atoms with van der Waals surface area (Å²) in [5.41, 5.74) is 3.48. The Balaban J connectivity index is 1.16. The normalized spacial score (nSPS) is 25.1. The molecule has 2 aromatic rings. The maximum atomic E-state index is 13.5. The second-order valence-electron chi connectivity index (χ2n) is 10.5. The van der Waals surface area contributed by atoms with Crippen LogP contribution in [0.2, 0.25) is 0 Å². The van der Waals surface area contributed by atoms with Crippen molar-refractivity contribution < 1.29 is 24.2 Å². The number of benzene rings is 2. The summed E-state index contributed by atoms with van der Waals surface area (Å²) in [7, 11) is 0. The van der Waals surface area contributed by atoms with Gasteiger partial charge >= 0.3 is 12.1 Å². The van der Waals surface area contributed by atoms with Crippen LogP contribution in [0.15, 0.2) is 48.5 Å². The molecule has 4 aliphatic rings. The Morgan fingerprint density at radius 2 is 1.69 bits per heavy atom. The lowest BCUT2D eigenvalue weighted by Crippen LogP contribution is -2.57. The van der Waals surface area contributed by atoms with Crippen LogP contribution in [-0.2, 0) is 14.3 Å². The largest absolute Gasteiger partial charge is 0.479 e. The van der Waals surface area contributed by atoms with Crippen molar-refractivity contribution in [1.29, 1.82) is 0 Å². The maximum Gasteiger partial charge on any atom is 0.407 e. The predicted octanol–water partition coefficient (Wildman–Crippen LogP) is 4.16. The number of hydrogen-bond donors (Lipinski definition) is 2. The number of nitrogens with one attached hydrogen (secondary N) is 1. The second-order valence-corrected chi connectivity index (χ2v) is 10.5. The fourth-order valence-corrected chi connectivity index (χ4v) is 6.25. The monoisotopic (exact) mass is 474 g/mol. The van der Waals surface area contributed by atoms with Crippen molar-refractivity contribution >= 4 is 18.0 Å². The first kappa shape index (κ1) is 22.1. The van der Waals surface area contributed by atoms with E-state index in [2.05, 4.69) is 29.6 Å². The van der Waals surface area contributed by atoms with Crippen LogP contribution in [-0.4, -0.2) is 52.7 Å². The van der Waals surface area contributed by atoms with E-state index < -0.39 is 23.6 Å². The van der Waals surface area contributed by atoms with Crippen LogP contribution in [0.3, 0.4) is 0 Å². The molecule has 0 bridgehead atoms. The minimum Gasteiger partial charge on any atom is -0.479 e. The number of nitrogens with zero attached hydrogens (tertiary/aromatic N) is 1. The van der Waals surface area contributed by atoms with Crippen LogP contribution in [0.25, 0.3) is 11.1 Å². The number of alkyl carbamates (subject to hydrolysis) is 1. The number of carbonyl (C=O) groups excluding carboxylic acids is 2. The fourth-order valence-electron chi connectivity index (χ4n) is 6.25. The zero-order valence-electron chi connectivity index (χ0n) is 19.6. The predicted molar refractivity (Wildman–Crippen MR) is 129 cm³/mol. The molecule has 35 heavy (non-hydrogen) atoms. The number of ether oxygens (including phenoxy) is 1. The van der Waals surface area contributed by atoms with Crippen molar-refractivity contribution in [1.82, 2.24) is 10.2 Å². The SMILES string of the molecule is O=C(NC(CC1CC1)C(=O)N1CCC[C@@H]2C[C@@]21C(=O)O)OCC1c2ccccc2-c2ccccc21. The van der Waals surface area contributed by atoms with Gasteiger partial charge in [-0.15, -0.1) is 0 Å². The number of carboxylic acid groups (broad SMARTS) is 1. The lowest BCUT2D eigenvalue weighted by atomic mass is 9.98. The summed E-state index contributed by atoms with van der Waals surface area (Å²) in [5, 5.41) is 12.7. The van der Waals surface area contributed by atoms with E-state index in [4.69, 9.17) is 4.74 Å². The van der Waals surface area contributed by atoms with Gasteiger partial charge in [0.15, 0.2) is 0 Å². The lowest BCUT2D eigenvalue weighted by Gasteiger charge is -2.36. The molecule has 2 aromatic carbocycles. The summed E-state index contributed by atoms with van der Waals surface area (Å²) in [6, 6.07) is 15.5. The fraction of sp³-hybridized carbons (Fsp3) is 0.464. The molecule has 3 fully saturated rings. The summed E-state index contributed by atoms with van der Waals surface area (Å²) < 4.78 is 5.68. The molecule has 2 N–H and O–H groups in total. The molecule has 0 radical (unpaired) electrons. The molecule has 182 valence electrons. The smallest absolute Gasteiger partial charge is 0.407 e. The Morgan fingerprint density at radius 3 is 2.31 bits per heavy atom. The van der Waals surface area contributed by atoms with E-state index in [1.165, 1.54) is 4.90 Å². The van der Waals surface area contributed by atoms with E-state index in [9.17, 15) is 19.5 Å². The second kappa shape index (κ2) is 8.40. The number of amides is 2. The van der Waals surface area contributed by atoms with Crippen LogP contribution in [0.1, 0.15) is 55.6 Å². The van der Waals surface area contributed by atoms with Crippen LogP contribution in [0.4, 0.5) is 4.79 Å². The molecule has 1 unspecified atom stereocenters. The molecular weight excluding hydrogens is 444 g/mol. The van der Waals surface area contributed by atoms with Crippen LogP contribution >= 0.6 is 0 Å². The highest BCUT2D eigenvalue weighted by molar-refractivity contribution is 5.94. The van der Waals surface area contributed by atoms with E-state index in [1.807, 2.05) is 24.3 Å². The van der Waals surface area contributed by atoms with E-state index in [-0.39, 0.29) is 24.3 Å². The van der Waals surface area contributed by atoms with Gasteiger partial charge in [0, 0.05) is 12.5 Å². The summed E-state index contributed by atoms with van der Waals surface area (Å²) >= 11 is 0. The van der Waals surface area contributed by atoms with Gasteiger partial charge < -0.3 is 20.1 Å². The van der Waals surface area contributed by atoms with Crippen molar-refractivity contribution in [2.24, 2.45) is 11.8 Å². The lowest BCUT2D eigenvalue weighted by molar-refractivity contribution is -0.155. The maximum absolute atomic E-state index is 13.5. The van der Waals surface area contributed by atoms with Crippen molar-refractivity contribution in [3.8, 4) is 11.1 Å². The van der Waals surface area contributed by atoms with E-state index in [1.54, 1.807) is 0 Å². The highest BCUT2D eigenvalue weighted by atomic mass is 16.5. The first-order valence-corrected chi connectivity index (χ1v) is 12.7. The van der Waals surface area contributed by atoms with Gasteiger partial charge in [-0.25, -0.2) is 9.59 Å². The van der Waals surface area contributed by atoms with E-state index >= 15 is 0 Å². The van der Waals surface area contributed by atoms with Crippen LogP contribution in [0.5, 0.6) is 0 Å². The quantitative estimate of drug-likeness (QED) is 0.628. The van der Waals surface area contributed by atoms with Crippen molar-refractivity contribution in [3.05, 3.63) is 59.7 Å². The van der Waals surface area contributed by atoms with Gasteiger partial charge in [0.05, 0.1) is 0 Å². The third-order valence-corrected chi connectivity index (χ3v) is 8.32. The van der Waals surface area contributed by atoms with Gasteiger partial charge in [0.25, 0.3) is 0 Å². The first-order chi connectivity index (χ1) is 17.0. The van der Waals surface area contributed by atoms with Crippen molar-refractivity contribution in [3.63, 3.8) is 0 Å². The minimum atomic E-state index is -1.08. The van der Waals surface area contributed by atoms with E-state index in [0.717, 1.165) is 47.9 Å². The number of carbonyl (C=O) groups is 3. The number of hydrogen-bond acceptors (Lipinski definition) is 4. The molecule has 1 aliphatic heterocycles. The molecule has 7 heteroatoms. The average molecular weight is 475 g/mol. The number of aliphatic carboxylic acids is 1. The molecule has 3 atom stereocenters. The minimum absolute atomic E-state index is 0.0220. The van der Waals surface area contributed by atoms with Gasteiger partial charge in [0.1, 0.15) is 18.2 Å². The molecule has 1 heterocycles. The summed E-state index contributed by atoms with van der Waals surface area (Å²) in [4.78, 5) is 40.0. The summed E-state index contributed by atoms with van der Waals surface area (Å²) in [6.45, 7) is 0.601. The van der Waals surface area contributed by atoms with Gasteiger partial charge in [-0.1, -0.05) is 61.4 Å². The molecule has 6 rings (SSSR count). The average Bonchev–Trinajstić information content (AvgIpc) is 3.78. The zero-order chi connectivity index (χ0) is 24.2. The molecule has 2 saturated carbocycles. The number of likely N-dealkylation sites (tertiary alicyclic amines) is 1. The summed E-state index contributed by atoms with van der Waals surface area (Å²) in [6.07, 6.45) is 4.11. The summed E-state index contributed by atoms with van der Waals surface area (Å²) in [5.74, 6) is -0.862. The Hall–Kier alpha value is -3.35. The molecular formula is C28H30N2O5. The number of piperidine rings is 1. The first-order valence-electron chi connectivity index (χ1n) is 12.7. The third kappa shape index (κ3) is 3.77. The van der Waals surface area contributed by atoms with Crippen molar-refractivity contribution in [2.75, 3.05) is 13.2 Å². The molecule has 0 spiro atoms. The molecule has 2 amide bonds. The molecule has 0 aromatic heterocycles. The molecule has 1 saturated heterocycles. The Bertz CT molecular complexity index is 1150. The van der Waals surface area contributed by atoms with Gasteiger partial charge in [-0.05, 0) is 59.8 Å². The van der Waals surface area contributed by atoms with Crippen LogP contribution < -0.4 is 5.32 Å². The van der Waals surface area contributed by atoms with E-state index in [0.29, 0.717) is 25.3 Å². The highest BCUT2D eigenvalue weighted by Crippen LogP contribution is 2.54. The Kier molecular flexibility index (Phi) is 5.31. The Morgan fingerprint density at radius 1 is 1.03 bits per heavy atom. The topological polar surface area (TPSA) is 95.9 Å². The number of fused-ring (bicyclic) bond motifs is 4. The Labute approximate surface area is 204 Å². The number of rotatable bonds is 7. The van der Waals surface area contributed by atoms with Crippen molar-refractivity contribution in [2.45, 2.75) is 56.0 Å². The third-order valence-electron chi connectivity index (χ3n) is 8.32. The van der Waals surface area contributed by atoms with Gasteiger partial charge in [-0.2, -0.15) is 0 Å². The van der Waals surface area contributed by atoms with Crippen LogP contribution in [0, 0.1) is 11.8 Å². The van der Waals surface area contributed by atoms with Gasteiger partial charge in [0.2, 0.25) is 5.91 Å². The highest BCUT2D eigenvalue weighted by Gasteiger charge is 2.67. The molecule has 7 nitrogen and oxygen atoms in total. The van der Waals surface area contributed by atoms with Gasteiger partial charge in [-0.3, -0.25) is 4.79 Å². The molecule has 3 aliphatic carbocycles. The standard InChI is InChI=1S/C28H30N2O5/c31-25(30-13-5-6-18-15-28(18,30)26(32)33)24(14-17-11-12-17)29-27(34)35-16-23-21-9-3-1-7-19(21)20-8-2-4-10-22(20)23/h1-4,7-10,17-18,23-24H,5-6,11-16H2,(H,29,34)(H,32,33)/t18-,24?,28+/m1/s1. The number of carboxylic acids is 1.